The number of benzene rings is 2. The molecule has 2 rings (SSSR count). The van der Waals surface area contributed by atoms with E-state index in [2.05, 4.69) is 5.32 Å². The monoisotopic (exact) mass is 320 g/mol. The molecule has 1 amide bonds. The van der Waals surface area contributed by atoms with Crippen LogP contribution in [0.2, 0.25) is 5.02 Å². The molecule has 108 valence electrons. The largest absolute Gasteiger partial charge is 0.495 e. The molecule has 6 heteroatoms. The molecule has 2 aromatic carbocycles. The minimum absolute atomic E-state index is 0.248. The van der Waals surface area contributed by atoms with Gasteiger partial charge in [-0.05, 0) is 24.3 Å². The maximum Gasteiger partial charge on any atom is 0.255 e. The van der Waals surface area contributed by atoms with Gasteiger partial charge in [-0.3, -0.25) is 4.79 Å². The number of amides is 1. The van der Waals surface area contributed by atoms with Crippen LogP contribution in [0.15, 0.2) is 42.5 Å². The van der Waals surface area contributed by atoms with Gasteiger partial charge in [-0.1, -0.05) is 36.0 Å². The highest BCUT2D eigenvalue weighted by Gasteiger charge is 2.09. The highest BCUT2D eigenvalue weighted by Crippen LogP contribution is 2.27. The fourth-order valence-electron chi connectivity index (χ4n) is 1.75. The van der Waals surface area contributed by atoms with Crippen LogP contribution in [0.25, 0.3) is 0 Å². The molecule has 0 heterocycles. The molecule has 0 spiro atoms. The SMILES string of the molecule is COc1cc(NC(=O)c2cccc(C(N)=S)c2)ccc1Cl. The molecular weight excluding hydrogens is 308 g/mol. The van der Waals surface area contributed by atoms with Crippen LogP contribution in [0.1, 0.15) is 15.9 Å². The molecule has 0 bridgehead atoms. The molecule has 0 aliphatic rings. The molecule has 0 unspecified atom stereocenters. The number of carbonyl (C=O) groups excluding carboxylic acids is 1. The summed E-state index contributed by atoms with van der Waals surface area (Å²) >= 11 is 10.8. The zero-order chi connectivity index (χ0) is 15.4. The Morgan fingerprint density at radius 2 is 1.95 bits per heavy atom. The van der Waals surface area contributed by atoms with Gasteiger partial charge in [-0.2, -0.15) is 0 Å². The second-order valence-electron chi connectivity index (χ2n) is 4.25. The standard InChI is InChI=1S/C15H13ClN2O2S/c1-20-13-8-11(5-6-12(13)16)18-15(19)10-4-2-3-9(7-10)14(17)21/h2-8H,1H3,(H2,17,21)(H,18,19). The van der Waals surface area contributed by atoms with Crippen LogP contribution in [-0.2, 0) is 0 Å². The Labute approximate surface area is 132 Å². The fraction of sp³-hybridized carbons (Fsp3) is 0.0667. The van der Waals surface area contributed by atoms with Crippen LogP contribution in [0.5, 0.6) is 5.75 Å². The highest BCUT2D eigenvalue weighted by atomic mass is 35.5. The summed E-state index contributed by atoms with van der Waals surface area (Å²) < 4.78 is 5.11. The molecule has 0 aromatic heterocycles. The predicted molar refractivity (Wildman–Crippen MR) is 88.3 cm³/mol. The molecule has 0 saturated heterocycles. The van der Waals surface area contributed by atoms with Crippen LogP contribution in [-0.4, -0.2) is 18.0 Å². The maximum absolute atomic E-state index is 12.2. The van der Waals surface area contributed by atoms with Gasteiger partial charge in [0.25, 0.3) is 5.91 Å². The molecule has 4 nitrogen and oxygen atoms in total. The summed E-state index contributed by atoms with van der Waals surface area (Å²) in [6, 6.07) is 11.8. The van der Waals surface area contributed by atoms with Crippen LogP contribution >= 0.6 is 23.8 Å². The quantitative estimate of drug-likeness (QED) is 0.849. The van der Waals surface area contributed by atoms with Crippen molar-refractivity contribution in [2.75, 3.05) is 12.4 Å². The molecule has 0 fully saturated rings. The van der Waals surface area contributed by atoms with Crippen LogP contribution in [0.3, 0.4) is 0 Å². The third kappa shape index (κ3) is 3.71. The van der Waals surface area contributed by atoms with Crippen molar-refractivity contribution >= 4 is 40.4 Å². The van der Waals surface area contributed by atoms with Gasteiger partial charge in [-0.25, -0.2) is 0 Å². The van der Waals surface area contributed by atoms with E-state index >= 15 is 0 Å². The maximum atomic E-state index is 12.2. The van der Waals surface area contributed by atoms with Crippen molar-refractivity contribution in [2.45, 2.75) is 0 Å². The fourth-order valence-corrected chi connectivity index (χ4v) is 2.08. The van der Waals surface area contributed by atoms with Gasteiger partial charge in [-0.15, -0.1) is 0 Å². The molecular formula is C15H13ClN2O2S. The van der Waals surface area contributed by atoms with E-state index in [4.69, 9.17) is 34.3 Å². The van der Waals surface area contributed by atoms with E-state index in [1.165, 1.54) is 7.11 Å². The number of thiocarbonyl (C=S) groups is 1. The van der Waals surface area contributed by atoms with Crippen molar-refractivity contribution in [3.63, 3.8) is 0 Å². The zero-order valence-corrected chi connectivity index (χ0v) is 12.8. The normalized spacial score (nSPS) is 10.0. The molecule has 0 atom stereocenters. The number of rotatable bonds is 4. The molecule has 21 heavy (non-hydrogen) atoms. The number of methoxy groups -OCH3 is 1. The second-order valence-corrected chi connectivity index (χ2v) is 5.10. The van der Waals surface area contributed by atoms with Crippen molar-refractivity contribution in [2.24, 2.45) is 5.73 Å². The van der Waals surface area contributed by atoms with Gasteiger partial charge in [0.1, 0.15) is 10.7 Å². The van der Waals surface area contributed by atoms with Gasteiger partial charge in [0, 0.05) is 22.9 Å². The molecule has 0 saturated carbocycles. The summed E-state index contributed by atoms with van der Waals surface area (Å²) in [7, 11) is 1.51. The van der Waals surface area contributed by atoms with E-state index in [1.54, 1.807) is 42.5 Å². The van der Waals surface area contributed by atoms with E-state index in [0.29, 0.717) is 27.6 Å². The number of nitrogens with two attached hydrogens (primary N) is 1. The third-order valence-electron chi connectivity index (χ3n) is 2.82. The van der Waals surface area contributed by atoms with Crippen molar-refractivity contribution < 1.29 is 9.53 Å². The third-order valence-corrected chi connectivity index (χ3v) is 3.37. The zero-order valence-electron chi connectivity index (χ0n) is 11.2. The van der Waals surface area contributed by atoms with Crippen molar-refractivity contribution in [3.8, 4) is 5.75 Å². The smallest absolute Gasteiger partial charge is 0.255 e. The Morgan fingerprint density at radius 1 is 1.24 bits per heavy atom. The lowest BCUT2D eigenvalue weighted by atomic mass is 10.1. The number of ether oxygens (including phenoxy) is 1. The summed E-state index contributed by atoms with van der Waals surface area (Å²) in [6.45, 7) is 0. The molecule has 3 N–H and O–H groups in total. The first-order valence-electron chi connectivity index (χ1n) is 6.06. The lowest BCUT2D eigenvalue weighted by Crippen LogP contribution is -2.14. The molecule has 0 aliphatic carbocycles. The van der Waals surface area contributed by atoms with E-state index in [0.717, 1.165) is 0 Å². The van der Waals surface area contributed by atoms with Gasteiger partial charge in [0.2, 0.25) is 0 Å². The van der Waals surface area contributed by atoms with Crippen molar-refractivity contribution in [1.29, 1.82) is 0 Å². The molecule has 2 aromatic rings. The molecule has 0 aliphatic heterocycles. The van der Waals surface area contributed by atoms with Crippen molar-refractivity contribution in [1.82, 2.24) is 0 Å². The summed E-state index contributed by atoms with van der Waals surface area (Å²) in [5, 5.41) is 3.24. The summed E-state index contributed by atoms with van der Waals surface area (Å²) in [6.07, 6.45) is 0. The Kier molecular flexibility index (Phi) is 4.77. The van der Waals surface area contributed by atoms with Gasteiger partial charge in [0.15, 0.2) is 0 Å². The number of nitrogens with one attached hydrogen (secondary N) is 1. The number of carbonyl (C=O) groups is 1. The Bertz CT molecular complexity index is 704. The average molecular weight is 321 g/mol. The van der Waals surface area contributed by atoms with Crippen LogP contribution in [0, 0.1) is 0 Å². The van der Waals surface area contributed by atoms with E-state index in [-0.39, 0.29) is 10.9 Å². The van der Waals surface area contributed by atoms with E-state index < -0.39 is 0 Å². The summed E-state index contributed by atoms with van der Waals surface area (Å²) in [4.78, 5) is 12.5. The number of halogens is 1. The van der Waals surface area contributed by atoms with Crippen LogP contribution < -0.4 is 15.8 Å². The van der Waals surface area contributed by atoms with Crippen molar-refractivity contribution in [3.05, 3.63) is 58.6 Å². The van der Waals surface area contributed by atoms with E-state index in [9.17, 15) is 4.79 Å². The first kappa shape index (κ1) is 15.3. The lowest BCUT2D eigenvalue weighted by Gasteiger charge is -2.09. The first-order valence-corrected chi connectivity index (χ1v) is 6.84. The topological polar surface area (TPSA) is 64.3 Å². The van der Waals surface area contributed by atoms with E-state index in [1.807, 2.05) is 0 Å². The lowest BCUT2D eigenvalue weighted by molar-refractivity contribution is 0.102. The summed E-state index contributed by atoms with van der Waals surface area (Å²) in [5.74, 6) is 0.226. The first-order chi connectivity index (χ1) is 10.0. The predicted octanol–water partition coefficient (Wildman–Crippen LogP) is 3.24. The summed E-state index contributed by atoms with van der Waals surface area (Å²) in [5.41, 5.74) is 7.26. The highest BCUT2D eigenvalue weighted by molar-refractivity contribution is 7.80. The Morgan fingerprint density at radius 3 is 2.62 bits per heavy atom. The molecule has 0 radical (unpaired) electrons. The number of anilines is 1. The number of hydrogen-bond donors (Lipinski definition) is 2. The van der Waals surface area contributed by atoms with Gasteiger partial charge < -0.3 is 15.8 Å². The Hall–Kier alpha value is -2.11. The minimum Gasteiger partial charge on any atom is -0.495 e. The van der Waals surface area contributed by atoms with Crippen LogP contribution in [0.4, 0.5) is 5.69 Å². The van der Waals surface area contributed by atoms with Gasteiger partial charge in [0.05, 0.1) is 12.1 Å². The second kappa shape index (κ2) is 6.56. The minimum atomic E-state index is -0.266. The van der Waals surface area contributed by atoms with Gasteiger partial charge >= 0.3 is 0 Å². The number of hydrogen-bond acceptors (Lipinski definition) is 3. The Balaban J connectivity index is 2.22. The average Bonchev–Trinajstić information content (AvgIpc) is 2.49.